The van der Waals surface area contributed by atoms with Gasteiger partial charge >= 0.3 is 0 Å². The molecule has 0 fully saturated rings. The Balaban J connectivity index is 2.42. The first-order valence-corrected chi connectivity index (χ1v) is 9.73. The Labute approximate surface area is 143 Å². The topological polar surface area (TPSA) is 68.3 Å². The third-order valence-corrected chi connectivity index (χ3v) is 6.06. The minimum Gasteiger partial charge on any atom is -0.287 e. The van der Waals surface area contributed by atoms with Crippen molar-refractivity contribution in [3.8, 4) is 0 Å². The van der Waals surface area contributed by atoms with Crippen LogP contribution in [0.25, 0.3) is 0 Å². The Hall–Kier alpha value is -1.57. The molecule has 0 radical (unpaired) electrons. The molecule has 4 nitrogen and oxygen atoms in total. The predicted molar refractivity (Wildman–Crippen MR) is 91.4 cm³/mol. The van der Waals surface area contributed by atoms with Crippen LogP contribution < -0.4 is 0 Å². The van der Waals surface area contributed by atoms with Crippen LogP contribution in [0.1, 0.15) is 13.8 Å². The smallest absolute Gasteiger partial charge is 0.206 e. The Morgan fingerprint density at radius 2 is 1.17 bits per heavy atom. The number of thioether (sulfide) groups is 2. The molecular formula is C16H14O4S3. The fourth-order valence-electron chi connectivity index (χ4n) is 1.88. The van der Waals surface area contributed by atoms with Gasteiger partial charge < -0.3 is 0 Å². The van der Waals surface area contributed by atoms with Crippen molar-refractivity contribution in [2.24, 2.45) is 0 Å². The van der Waals surface area contributed by atoms with Gasteiger partial charge in [0.2, 0.25) is 9.84 Å². The zero-order valence-electron chi connectivity index (χ0n) is 12.5. The molecule has 0 aliphatic rings. The molecule has 0 aromatic heterocycles. The van der Waals surface area contributed by atoms with Gasteiger partial charge in [-0.05, 0) is 36.4 Å². The molecule has 0 spiro atoms. The van der Waals surface area contributed by atoms with Crippen molar-refractivity contribution in [2.75, 3.05) is 0 Å². The van der Waals surface area contributed by atoms with Gasteiger partial charge in [0.25, 0.3) is 0 Å². The van der Waals surface area contributed by atoms with E-state index >= 15 is 0 Å². The molecule has 0 bridgehead atoms. The predicted octanol–water partition coefficient (Wildman–Crippen LogP) is 3.80. The quantitative estimate of drug-likeness (QED) is 0.767. The summed E-state index contributed by atoms with van der Waals surface area (Å²) in [6.45, 7) is 2.85. The summed E-state index contributed by atoms with van der Waals surface area (Å²) in [5, 5.41) is -0.223. The van der Waals surface area contributed by atoms with Gasteiger partial charge in [0.1, 0.15) is 0 Å². The Morgan fingerprint density at radius 1 is 0.783 bits per heavy atom. The Morgan fingerprint density at radius 3 is 1.52 bits per heavy atom. The van der Waals surface area contributed by atoms with E-state index in [9.17, 15) is 18.0 Å². The molecule has 0 aliphatic heterocycles. The lowest BCUT2D eigenvalue weighted by atomic mass is 10.4. The fraction of sp³-hybridized carbons (Fsp3) is 0.125. The van der Waals surface area contributed by atoms with Crippen LogP contribution in [0.15, 0.2) is 68.1 Å². The van der Waals surface area contributed by atoms with Crippen molar-refractivity contribution >= 4 is 43.6 Å². The Kier molecular flexibility index (Phi) is 5.67. The van der Waals surface area contributed by atoms with E-state index in [1.807, 2.05) is 0 Å². The number of carbonyl (C=O) groups is 2. The lowest BCUT2D eigenvalue weighted by molar-refractivity contribution is -0.109. The van der Waals surface area contributed by atoms with Gasteiger partial charge in [0.15, 0.2) is 10.2 Å². The molecule has 0 atom stereocenters. The molecule has 0 aliphatic carbocycles. The normalized spacial score (nSPS) is 11.2. The van der Waals surface area contributed by atoms with Crippen LogP contribution in [0.2, 0.25) is 0 Å². The summed E-state index contributed by atoms with van der Waals surface area (Å²) < 4.78 is 25.4. The Bertz CT molecular complexity index is 792. The minimum atomic E-state index is -3.70. The highest BCUT2D eigenvalue weighted by atomic mass is 32.2. The number of rotatable bonds is 4. The maximum atomic E-state index is 12.7. The fourth-order valence-corrected chi connectivity index (χ4v) is 4.71. The average Bonchev–Trinajstić information content (AvgIpc) is 2.46. The van der Waals surface area contributed by atoms with Crippen LogP contribution in [0.5, 0.6) is 0 Å². The lowest BCUT2D eigenvalue weighted by Crippen LogP contribution is -2.02. The van der Waals surface area contributed by atoms with E-state index in [1.54, 1.807) is 24.3 Å². The first-order chi connectivity index (χ1) is 10.8. The second kappa shape index (κ2) is 7.33. The van der Waals surface area contributed by atoms with Crippen LogP contribution in [0, 0.1) is 0 Å². The second-order valence-electron chi connectivity index (χ2n) is 4.64. The van der Waals surface area contributed by atoms with Crippen LogP contribution >= 0.6 is 23.5 Å². The SMILES string of the molecule is CC(=O)Sc1cccc(S(=O)(=O)c2cccc(SC(C)=O)c2)c1. The molecule has 2 rings (SSSR count). The van der Waals surface area contributed by atoms with Crippen molar-refractivity contribution in [2.45, 2.75) is 33.4 Å². The van der Waals surface area contributed by atoms with Crippen molar-refractivity contribution in [3.63, 3.8) is 0 Å². The summed E-state index contributed by atoms with van der Waals surface area (Å²) in [6, 6.07) is 12.5. The van der Waals surface area contributed by atoms with Crippen molar-refractivity contribution in [1.82, 2.24) is 0 Å². The van der Waals surface area contributed by atoms with Gasteiger partial charge in [-0.2, -0.15) is 0 Å². The molecule has 0 saturated heterocycles. The summed E-state index contributed by atoms with van der Waals surface area (Å²) in [5.74, 6) is 0. The summed E-state index contributed by atoms with van der Waals surface area (Å²) in [4.78, 5) is 23.7. The number of sulfone groups is 1. The largest absolute Gasteiger partial charge is 0.287 e. The van der Waals surface area contributed by atoms with Gasteiger partial charge in [0.05, 0.1) is 9.79 Å². The summed E-state index contributed by atoms with van der Waals surface area (Å²) in [6.07, 6.45) is 0. The second-order valence-corrected chi connectivity index (χ2v) is 9.09. The first-order valence-electron chi connectivity index (χ1n) is 6.61. The molecular weight excluding hydrogens is 352 g/mol. The van der Waals surface area contributed by atoms with E-state index in [0.717, 1.165) is 23.5 Å². The maximum absolute atomic E-state index is 12.7. The van der Waals surface area contributed by atoms with Crippen LogP contribution in [-0.2, 0) is 19.4 Å². The van der Waals surface area contributed by atoms with Gasteiger partial charge in [0, 0.05) is 23.6 Å². The minimum absolute atomic E-state index is 0.112. The average molecular weight is 366 g/mol. The van der Waals surface area contributed by atoms with Crippen LogP contribution in [0.4, 0.5) is 0 Å². The van der Waals surface area contributed by atoms with E-state index in [-0.39, 0.29) is 20.0 Å². The molecule has 2 aromatic rings. The van der Waals surface area contributed by atoms with E-state index in [0.29, 0.717) is 9.79 Å². The highest BCUT2D eigenvalue weighted by Gasteiger charge is 2.19. The van der Waals surface area contributed by atoms with Crippen LogP contribution in [-0.4, -0.2) is 18.6 Å². The van der Waals surface area contributed by atoms with Crippen LogP contribution in [0.3, 0.4) is 0 Å². The molecule has 7 heteroatoms. The van der Waals surface area contributed by atoms with Crippen molar-refractivity contribution < 1.29 is 18.0 Å². The monoisotopic (exact) mass is 366 g/mol. The third kappa shape index (κ3) is 4.70. The zero-order chi connectivity index (χ0) is 17.0. The first kappa shape index (κ1) is 17.8. The molecule has 2 aromatic carbocycles. The van der Waals surface area contributed by atoms with Gasteiger partial charge in [-0.25, -0.2) is 8.42 Å². The van der Waals surface area contributed by atoms with Gasteiger partial charge in [-0.15, -0.1) is 0 Å². The molecule has 23 heavy (non-hydrogen) atoms. The summed E-state index contributed by atoms with van der Waals surface area (Å²) in [7, 11) is -3.70. The number of benzene rings is 2. The van der Waals surface area contributed by atoms with Crippen molar-refractivity contribution in [1.29, 1.82) is 0 Å². The number of hydrogen-bond donors (Lipinski definition) is 0. The summed E-state index contributed by atoms with van der Waals surface area (Å²) in [5.41, 5.74) is 0. The summed E-state index contributed by atoms with van der Waals surface area (Å²) >= 11 is 1.97. The lowest BCUT2D eigenvalue weighted by Gasteiger charge is -2.07. The molecule has 0 unspecified atom stereocenters. The third-order valence-electron chi connectivity index (χ3n) is 2.75. The number of carbonyl (C=O) groups excluding carboxylic acids is 2. The highest BCUT2D eigenvalue weighted by molar-refractivity contribution is 8.13. The highest BCUT2D eigenvalue weighted by Crippen LogP contribution is 2.28. The standard InChI is InChI=1S/C16H14O4S3/c1-11(17)21-13-5-3-7-15(9-13)23(19,20)16-8-4-6-14(10-16)22-12(2)18/h3-10H,1-2H3. The molecule has 0 heterocycles. The molecule has 0 amide bonds. The number of hydrogen-bond acceptors (Lipinski definition) is 6. The van der Waals surface area contributed by atoms with Crippen molar-refractivity contribution in [3.05, 3.63) is 48.5 Å². The van der Waals surface area contributed by atoms with E-state index in [2.05, 4.69) is 0 Å². The molecule has 120 valence electrons. The van der Waals surface area contributed by atoms with Gasteiger partial charge in [-0.1, -0.05) is 35.7 Å². The van der Waals surface area contributed by atoms with E-state index in [4.69, 9.17) is 0 Å². The maximum Gasteiger partial charge on any atom is 0.206 e. The van der Waals surface area contributed by atoms with E-state index < -0.39 is 9.84 Å². The molecule has 0 N–H and O–H groups in total. The van der Waals surface area contributed by atoms with E-state index in [1.165, 1.54) is 38.1 Å². The zero-order valence-corrected chi connectivity index (χ0v) is 14.9. The van der Waals surface area contributed by atoms with Gasteiger partial charge in [-0.3, -0.25) is 9.59 Å². The molecule has 0 saturated carbocycles.